The zero-order chi connectivity index (χ0) is 22.6. The summed E-state index contributed by atoms with van der Waals surface area (Å²) in [4.78, 5) is 23.6. The van der Waals surface area contributed by atoms with Gasteiger partial charge >= 0.3 is 0 Å². The van der Waals surface area contributed by atoms with Gasteiger partial charge in [0.05, 0.1) is 33.9 Å². The average Bonchev–Trinajstić information content (AvgIpc) is 2.79. The lowest BCUT2D eigenvalue weighted by atomic mass is 10.1. The third kappa shape index (κ3) is 4.48. The minimum Gasteiger partial charge on any atom is -0.495 e. The van der Waals surface area contributed by atoms with Gasteiger partial charge in [0.25, 0.3) is 21.6 Å². The van der Waals surface area contributed by atoms with Gasteiger partial charge in [-0.2, -0.15) is 0 Å². The molecule has 3 aromatic carbocycles. The molecule has 160 valence electrons. The van der Waals surface area contributed by atoms with Gasteiger partial charge in [-0.15, -0.1) is 0 Å². The summed E-state index contributed by atoms with van der Waals surface area (Å²) in [5, 5.41) is 13.6. The lowest BCUT2D eigenvalue weighted by Crippen LogP contribution is -2.29. The molecule has 0 atom stereocenters. The number of methoxy groups -OCH3 is 1. The number of nitro groups is 1. The van der Waals surface area contributed by atoms with E-state index in [1.165, 1.54) is 56.6 Å². The zero-order valence-corrected chi connectivity index (χ0v) is 17.5. The Morgan fingerprint density at radius 3 is 2.32 bits per heavy atom. The number of ether oxygens (including phenoxy) is 1. The Bertz CT molecular complexity index is 1230. The van der Waals surface area contributed by atoms with Gasteiger partial charge in [0.15, 0.2) is 0 Å². The van der Waals surface area contributed by atoms with Crippen LogP contribution in [0, 0.1) is 10.1 Å². The second-order valence-corrected chi connectivity index (χ2v) is 8.37. The van der Waals surface area contributed by atoms with Crippen molar-refractivity contribution in [1.82, 2.24) is 0 Å². The maximum absolute atomic E-state index is 13.0. The van der Waals surface area contributed by atoms with Gasteiger partial charge in [0.1, 0.15) is 5.75 Å². The number of benzene rings is 3. The summed E-state index contributed by atoms with van der Waals surface area (Å²) in [5.74, 6) is -0.425. The average molecular weight is 441 g/mol. The van der Waals surface area contributed by atoms with Crippen LogP contribution in [0.2, 0.25) is 0 Å². The second kappa shape index (κ2) is 8.84. The van der Waals surface area contributed by atoms with Crippen LogP contribution in [-0.2, 0) is 10.0 Å². The molecule has 10 heteroatoms. The summed E-state index contributed by atoms with van der Waals surface area (Å²) in [7, 11) is -1.20. The maximum atomic E-state index is 13.0. The highest BCUT2D eigenvalue weighted by Crippen LogP contribution is 2.31. The van der Waals surface area contributed by atoms with Crippen LogP contribution in [-0.4, -0.2) is 33.4 Å². The summed E-state index contributed by atoms with van der Waals surface area (Å²) in [6.45, 7) is 0. The third-order valence-electron chi connectivity index (χ3n) is 4.53. The summed E-state index contributed by atoms with van der Waals surface area (Å²) < 4.78 is 32.1. The number of rotatable bonds is 7. The Hall–Kier alpha value is -3.92. The lowest BCUT2D eigenvalue weighted by molar-refractivity contribution is -0.384. The number of hydrogen-bond donors (Lipinski definition) is 1. The van der Waals surface area contributed by atoms with Gasteiger partial charge < -0.3 is 10.1 Å². The fraction of sp³-hybridized carbons (Fsp3) is 0.0952. The number of para-hydroxylation sites is 1. The molecule has 0 heterocycles. The molecule has 0 bridgehead atoms. The van der Waals surface area contributed by atoms with Crippen molar-refractivity contribution < 1.29 is 22.9 Å². The predicted molar refractivity (Wildman–Crippen MR) is 116 cm³/mol. The zero-order valence-electron chi connectivity index (χ0n) is 16.7. The Morgan fingerprint density at radius 1 is 1.03 bits per heavy atom. The number of amides is 1. The van der Waals surface area contributed by atoms with Crippen molar-refractivity contribution in [2.75, 3.05) is 23.8 Å². The van der Waals surface area contributed by atoms with Crippen molar-refractivity contribution >= 4 is 33.0 Å². The Kier molecular flexibility index (Phi) is 6.21. The summed E-state index contributed by atoms with van der Waals surface area (Å²) in [6, 6.07) is 17.8. The van der Waals surface area contributed by atoms with Crippen LogP contribution in [0.5, 0.6) is 5.75 Å². The minimum atomic E-state index is -3.91. The molecule has 1 amide bonds. The van der Waals surface area contributed by atoms with E-state index in [0.717, 1.165) is 4.31 Å². The quantitative estimate of drug-likeness (QED) is 0.441. The number of nitrogens with one attached hydrogen (secondary N) is 1. The molecule has 0 aliphatic heterocycles. The first kappa shape index (κ1) is 21.8. The van der Waals surface area contributed by atoms with Gasteiger partial charge in [-0.3, -0.25) is 19.2 Å². The highest BCUT2D eigenvalue weighted by Gasteiger charge is 2.25. The lowest BCUT2D eigenvalue weighted by Gasteiger charge is -2.22. The molecular formula is C21H19N3O6S. The molecule has 0 spiro atoms. The van der Waals surface area contributed by atoms with Crippen LogP contribution in [0.3, 0.4) is 0 Å². The topological polar surface area (TPSA) is 119 Å². The number of anilines is 2. The van der Waals surface area contributed by atoms with Crippen molar-refractivity contribution in [3.8, 4) is 5.75 Å². The molecule has 0 radical (unpaired) electrons. The highest BCUT2D eigenvalue weighted by molar-refractivity contribution is 7.92. The van der Waals surface area contributed by atoms with Crippen molar-refractivity contribution in [3.05, 3.63) is 88.5 Å². The number of nitrogens with zero attached hydrogens (tertiary/aromatic N) is 2. The summed E-state index contributed by atoms with van der Waals surface area (Å²) in [5.41, 5.74) is 0.0737. The van der Waals surface area contributed by atoms with E-state index in [1.807, 2.05) is 0 Å². The standard InChI is InChI=1S/C21H19N3O6S/c1-23(31(28,29)16-8-4-3-5-9-16)19-11-7-6-10-17(19)21(25)22-18-14-15(24(26)27)12-13-20(18)30-2/h3-14H,1-2H3,(H,22,25). The van der Waals surface area contributed by atoms with E-state index in [-0.39, 0.29) is 33.3 Å². The van der Waals surface area contributed by atoms with Gasteiger partial charge in [0, 0.05) is 19.2 Å². The van der Waals surface area contributed by atoms with E-state index >= 15 is 0 Å². The molecule has 9 nitrogen and oxygen atoms in total. The normalized spacial score (nSPS) is 10.9. The molecule has 31 heavy (non-hydrogen) atoms. The fourth-order valence-electron chi connectivity index (χ4n) is 2.92. The number of carbonyl (C=O) groups is 1. The molecule has 0 fully saturated rings. The molecule has 0 aliphatic carbocycles. The predicted octanol–water partition coefficient (Wildman–Crippen LogP) is 3.68. The second-order valence-electron chi connectivity index (χ2n) is 6.40. The monoisotopic (exact) mass is 441 g/mol. The number of hydrogen-bond acceptors (Lipinski definition) is 6. The van der Waals surface area contributed by atoms with E-state index in [1.54, 1.807) is 30.3 Å². The van der Waals surface area contributed by atoms with Crippen molar-refractivity contribution in [3.63, 3.8) is 0 Å². The van der Waals surface area contributed by atoms with E-state index in [2.05, 4.69) is 5.32 Å². The number of non-ortho nitro benzene ring substituents is 1. The minimum absolute atomic E-state index is 0.0677. The smallest absolute Gasteiger partial charge is 0.271 e. The summed E-state index contributed by atoms with van der Waals surface area (Å²) >= 11 is 0. The molecule has 0 saturated carbocycles. The van der Waals surface area contributed by atoms with Gasteiger partial charge in [-0.05, 0) is 30.3 Å². The third-order valence-corrected chi connectivity index (χ3v) is 6.32. The molecular weight excluding hydrogens is 422 g/mol. The molecule has 1 N–H and O–H groups in total. The van der Waals surface area contributed by atoms with E-state index in [4.69, 9.17) is 4.74 Å². The van der Waals surface area contributed by atoms with Crippen LogP contribution in [0.25, 0.3) is 0 Å². The van der Waals surface area contributed by atoms with Gasteiger partial charge in [-0.1, -0.05) is 30.3 Å². The molecule has 3 aromatic rings. The Balaban J connectivity index is 1.98. The molecule has 0 aromatic heterocycles. The Labute approximate surface area is 179 Å². The first-order valence-electron chi connectivity index (χ1n) is 9.02. The SMILES string of the molecule is COc1ccc([N+](=O)[O-])cc1NC(=O)c1ccccc1N(C)S(=O)(=O)c1ccccc1. The van der Waals surface area contributed by atoms with Crippen LogP contribution in [0.1, 0.15) is 10.4 Å². The summed E-state index contributed by atoms with van der Waals surface area (Å²) in [6.07, 6.45) is 0. The van der Waals surface area contributed by atoms with Crippen molar-refractivity contribution in [2.24, 2.45) is 0 Å². The van der Waals surface area contributed by atoms with Crippen LogP contribution < -0.4 is 14.4 Å². The van der Waals surface area contributed by atoms with E-state index in [0.29, 0.717) is 0 Å². The van der Waals surface area contributed by atoms with E-state index in [9.17, 15) is 23.3 Å². The Morgan fingerprint density at radius 2 is 1.68 bits per heavy atom. The van der Waals surface area contributed by atoms with Gasteiger partial charge in [0.2, 0.25) is 0 Å². The molecule has 0 unspecified atom stereocenters. The molecule has 3 rings (SSSR count). The first-order chi connectivity index (χ1) is 14.8. The number of nitro benzene ring substituents is 1. The van der Waals surface area contributed by atoms with E-state index < -0.39 is 20.9 Å². The van der Waals surface area contributed by atoms with Crippen molar-refractivity contribution in [2.45, 2.75) is 4.90 Å². The largest absolute Gasteiger partial charge is 0.495 e. The van der Waals surface area contributed by atoms with Gasteiger partial charge in [-0.25, -0.2) is 8.42 Å². The molecule has 0 saturated heterocycles. The molecule has 0 aliphatic rings. The first-order valence-corrected chi connectivity index (χ1v) is 10.5. The highest BCUT2D eigenvalue weighted by atomic mass is 32.2. The van der Waals surface area contributed by atoms with Crippen LogP contribution in [0.4, 0.5) is 17.1 Å². The van der Waals surface area contributed by atoms with Crippen LogP contribution in [0.15, 0.2) is 77.7 Å². The number of sulfonamides is 1. The number of carbonyl (C=O) groups excluding carboxylic acids is 1. The maximum Gasteiger partial charge on any atom is 0.271 e. The van der Waals surface area contributed by atoms with Crippen LogP contribution >= 0.6 is 0 Å². The fourth-order valence-corrected chi connectivity index (χ4v) is 4.15. The van der Waals surface area contributed by atoms with Crippen molar-refractivity contribution in [1.29, 1.82) is 0 Å².